The minimum atomic E-state index is -0.631. The molecule has 0 saturated carbocycles. The number of aliphatic hydroxyl groups is 1. The molecule has 43 heavy (non-hydrogen) atoms. The summed E-state index contributed by atoms with van der Waals surface area (Å²) in [5, 5.41) is 22.1. The second-order valence-electron chi connectivity index (χ2n) is 10.4. The van der Waals surface area contributed by atoms with Crippen molar-refractivity contribution >= 4 is 17.8 Å². The summed E-state index contributed by atoms with van der Waals surface area (Å²) in [6.07, 6.45) is 3.75. The number of rotatable bonds is 9. The Hall–Kier alpha value is -4.50. The quantitative estimate of drug-likeness (QED) is 0.249. The van der Waals surface area contributed by atoms with Crippen LogP contribution in [0.1, 0.15) is 17.2 Å². The maximum absolute atomic E-state index is 14.0. The molecule has 4 aromatic rings. The fourth-order valence-electron chi connectivity index (χ4n) is 5.15. The Kier molecular flexibility index (Phi) is 8.24. The number of aliphatic hydroxyl groups excluding tert-OH is 1. The summed E-state index contributed by atoms with van der Waals surface area (Å²) < 4.78 is 20.8. The number of hydrogen-bond acceptors (Lipinski definition) is 10. The lowest BCUT2D eigenvalue weighted by molar-refractivity contribution is -0.154. The summed E-state index contributed by atoms with van der Waals surface area (Å²) in [5.74, 6) is 0.373. The van der Waals surface area contributed by atoms with E-state index in [0.29, 0.717) is 66.9 Å². The molecule has 3 N–H and O–H groups in total. The molecule has 2 aliphatic heterocycles. The Bertz CT molecular complexity index is 1560. The highest BCUT2D eigenvalue weighted by molar-refractivity contribution is 5.91. The van der Waals surface area contributed by atoms with Crippen molar-refractivity contribution in [2.45, 2.75) is 25.2 Å². The monoisotopic (exact) mass is 589 g/mol. The molecule has 2 saturated heterocycles. The van der Waals surface area contributed by atoms with Crippen molar-refractivity contribution in [3.05, 3.63) is 78.1 Å². The van der Waals surface area contributed by atoms with Crippen LogP contribution < -0.4 is 15.5 Å². The molecule has 2 amide bonds. The molecule has 14 heteroatoms. The molecule has 2 atom stereocenters. The van der Waals surface area contributed by atoms with Crippen LogP contribution in [0.15, 0.2) is 61.1 Å². The number of hydroxylamine groups is 2. The van der Waals surface area contributed by atoms with Gasteiger partial charge in [0, 0.05) is 63.0 Å². The Morgan fingerprint density at radius 1 is 1.14 bits per heavy atom. The van der Waals surface area contributed by atoms with Gasteiger partial charge in [0.05, 0.1) is 24.4 Å². The van der Waals surface area contributed by atoms with Crippen LogP contribution in [0.25, 0.3) is 16.9 Å². The van der Waals surface area contributed by atoms with Crippen LogP contribution in [0.5, 0.6) is 0 Å². The van der Waals surface area contributed by atoms with Gasteiger partial charge in [0.25, 0.3) is 0 Å². The molecule has 0 aliphatic carbocycles. The van der Waals surface area contributed by atoms with Crippen molar-refractivity contribution in [3.63, 3.8) is 0 Å². The van der Waals surface area contributed by atoms with E-state index >= 15 is 0 Å². The summed E-state index contributed by atoms with van der Waals surface area (Å²) in [5.41, 5.74) is 3.31. The van der Waals surface area contributed by atoms with Gasteiger partial charge in [-0.1, -0.05) is 18.2 Å². The normalized spacial score (nSPS) is 18.9. The maximum atomic E-state index is 14.0. The van der Waals surface area contributed by atoms with Crippen molar-refractivity contribution in [2.75, 3.05) is 50.1 Å². The predicted molar refractivity (Wildman–Crippen MR) is 155 cm³/mol. The van der Waals surface area contributed by atoms with Crippen molar-refractivity contribution < 1.29 is 23.9 Å². The Balaban J connectivity index is 1.25. The third-order valence-electron chi connectivity index (χ3n) is 7.38. The number of urea groups is 1. The molecule has 0 bridgehead atoms. The number of aromatic nitrogens is 5. The second kappa shape index (κ2) is 12.4. The number of anilines is 2. The van der Waals surface area contributed by atoms with Gasteiger partial charge in [0.15, 0.2) is 0 Å². The lowest BCUT2D eigenvalue weighted by Gasteiger charge is -2.35. The summed E-state index contributed by atoms with van der Waals surface area (Å²) in [7, 11) is 1.60. The largest absolute Gasteiger partial charge is 0.389 e. The summed E-state index contributed by atoms with van der Waals surface area (Å²) in [4.78, 5) is 34.0. The summed E-state index contributed by atoms with van der Waals surface area (Å²) in [6, 6.07) is 11.5. The minimum absolute atomic E-state index is 0.364. The van der Waals surface area contributed by atoms with Gasteiger partial charge in [0.1, 0.15) is 17.6 Å². The zero-order valence-corrected chi connectivity index (χ0v) is 23.7. The Morgan fingerprint density at radius 2 is 1.91 bits per heavy atom. The van der Waals surface area contributed by atoms with Crippen LogP contribution >= 0.6 is 0 Å². The van der Waals surface area contributed by atoms with Crippen LogP contribution in [0, 0.1) is 12.9 Å². The molecular weight excluding hydrogens is 557 g/mol. The number of benzene rings is 1. The van der Waals surface area contributed by atoms with Crippen molar-refractivity contribution in [2.24, 2.45) is 0 Å². The van der Waals surface area contributed by atoms with Crippen LogP contribution in [0.4, 0.5) is 21.0 Å². The zero-order valence-electron chi connectivity index (χ0n) is 23.7. The minimum Gasteiger partial charge on any atom is -0.389 e. The lowest BCUT2D eigenvalue weighted by atomic mass is 10.0. The number of carbonyl (C=O) groups is 1. The summed E-state index contributed by atoms with van der Waals surface area (Å²) in [6.45, 7) is 4.13. The van der Waals surface area contributed by atoms with Gasteiger partial charge in [-0.15, -0.1) is 0 Å². The molecule has 2 fully saturated rings. The van der Waals surface area contributed by atoms with Gasteiger partial charge in [-0.05, 0) is 36.8 Å². The number of ether oxygens (including phenoxy) is 1. The first-order chi connectivity index (χ1) is 20.9. The molecule has 1 aromatic carbocycles. The highest BCUT2D eigenvalue weighted by atomic mass is 19.1. The van der Waals surface area contributed by atoms with E-state index in [9.17, 15) is 14.3 Å². The molecule has 13 nitrogen and oxygen atoms in total. The maximum Gasteiger partial charge on any atom is 0.320 e. The average molecular weight is 590 g/mol. The first-order valence-electron chi connectivity index (χ1n) is 13.9. The van der Waals surface area contributed by atoms with E-state index < -0.39 is 24.1 Å². The average Bonchev–Trinajstić information content (AvgIpc) is 3.55. The van der Waals surface area contributed by atoms with E-state index in [1.807, 2.05) is 42.2 Å². The van der Waals surface area contributed by atoms with E-state index in [-0.39, 0.29) is 6.10 Å². The zero-order chi connectivity index (χ0) is 29.9. The van der Waals surface area contributed by atoms with Crippen molar-refractivity contribution in [1.82, 2.24) is 35.1 Å². The first kappa shape index (κ1) is 28.6. The Labute approximate surface area is 247 Å². The molecule has 5 heterocycles. The molecule has 224 valence electrons. The topological polar surface area (TPSA) is 143 Å². The fourth-order valence-corrected chi connectivity index (χ4v) is 5.15. The molecule has 0 spiro atoms. The standard InChI is InChI=1S/C29H32FN9O4/c1-18-25(20-13-32-28(33-14-20)37-15-22(40)16-37)36-39(21-6-4-3-5-7-21)27(18)35-29(41)34-23-17-38(10-11-42-2)43-26(23)19-8-9-31-24(30)12-19/h3-9,12-14,22-23,26,40H,10-11,15-17H2,1-2H3,(H2,34,35,41)/t23-,26+/m1/s1. The number of β-amino-alcohol motifs (C(OH)–C–C–N with tert-alkyl or cyclic N) is 1. The third kappa shape index (κ3) is 6.17. The smallest absolute Gasteiger partial charge is 0.320 e. The van der Waals surface area contributed by atoms with Crippen molar-refractivity contribution in [1.29, 1.82) is 0 Å². The van der Waals surface area contributed by atoms with Crippen LogP contribution in [0.2, 0.25) is 0 Å². The number of pyridine rings is 1. The lowest BCUT2D eigenvalue weighted by Crippen LogP contribution is -2.51. The fraction of sp³-hybridized carbons (Fsp3) is 0.345. The van der Waals surface area contributed by atoms with Gasteiger partial charge in [-0.3, -0.25) is 10.2 Å². The van der Waals surface area contributed by atoms with Gasteiger partial charge in [-0.2, -0.15) is 14.6 Å². The SMILES string of the molecule is COCCN1C[C@@H](NC(=O)Nc2c(C)c(-c3cnc(N4CC(O)C4)nc3)nn2-c2ccccc2)[C@H](c2ccnc(F)c2)O1. The van der Waals surface area contributed by atoms with Gasteiger partial charge in [-0.25, -0.2) is 24.4 Å². The van der Waals surface area contributed by atoms with Crippen LogP contribution in [-0.4, -0.2) is 93.0 Å². The third-order valence-corrected chi connectivity index (χ3v) is 7.38. The number of nitrogens with zero attached hydrogens (tertiary/aromatic N) is 7. The molecule has 2 aliphatic rings. The number of nitrogens with one attached hydrogen (secondary N) is 2. The van der Waals surface area contributed by atoms with E-state index in [1.54, 1.807) is 35.3 Å². The Morgan fingerprint density at radius 3 is 2.60 bits per heavy atom. The summed E-state index contributed by atoms with van der Waals surface area (Å²) >= 11 is 0. The number of methoxy groups -OCH3 is 1. The van der Waals surface area contributed by atoms with E-state index in [4.69, 9.17) is 14.7 Å². The van der Waals surface area contributed by atoms with E-state index in [2.05, 4.69) is 25.6 Å². The number of para-hydroxylation sites is 1. The first-order valence-corrected chi connectivity index (χ1v) is 13.9. The molecule has 0 unspecified atom stereocenters. The molecule has 6 rings (SSSR count). The van der Waals surface area contributed by atoms with E-state index in [1.165, 1.54) is 12.3 Å². The van der Waals surface area contributed by atoms with Crippen molar-refractivity contribution in [3.8, 4) is 16.9 Å². The van der Waals surface area contributed by atoms with Gasteiger partial charge in [0.2, 0.25) is 11.9 Å². The van der Waals surface area contributed by atoms with Gasteiger partial charge < -0.3 is 20.1 Å². The number of hydrogen-bond donors (Lipinski definition) is 3. The van der Waals surface area contributed by atoms with E-state index in [0.717, 1.165) is 5.69 Å². The molecule has 3 aromatic heterocycles. The van der Waals surface area contributed by atoms with Crippen LogP contribution in [0.3, 0.4) is 0 Å². The number of halogens is 1. The predicted octanol–water partition coefficient (Wildman–Crippen LogP) is 2.48. The molecule has 0 radical (unpaired) electrons. The van der Waals surface area contributed by atoms with Crippen LogP contribution in [-0.2, 0) is 9.57 Å². The van der Waals surface area contributed by atoms with Gasteiger partial charge >= 0.3 is 6.03 Å². The molecular formula is C29H32FN9O4. The highest BCUT2D eigenvalue weighted by Gasteiger charge is 2.37. The number of carbonyl (C=O) groups excluding carboxylic acids is 1. The number of amides is 2. The second-order valence-corrected chi connectivity index (χ2v) is 10.4. The highest BCUT2D eigenvalue weighted by Crippen LogP contribution is 2.32.